The largest absolute Gasteiger partial charge is 0.497 e. The molecule has 1 aliphatic rings. The molecule has 0 heterocycles. The maximum Gasteiger partial charge on any atom is 0.118 e. The van der Waals surface area contributed by atoms with E-state index in [1.165, 1.54) is 16.7 Å². The van der Waals surface area contributed by atoms with Crippen LogP contribution in [0, 0.1) is 0 Å². The Kier molecular flexibility index (Phi) is 4.53. The van der Waals surface area contributed by atoms with Crippen LogP contribution in [-0.2, 0) is 5.41 Å². The second kappa shape index (κ2) is 6.99. The van der Waals surface area contributed by atoms with Crippen molar-refractivity contribution >= 4 is 0 Å². The van der Waals surface area contributed by atoms with E-state index in [-0.39, 0.29) is 5.41 Å². The van der Waals surface area contributed by atoms with E-state index in [1.54, 1.807) is 21.3 Å². The van der Waals surface area contributed by atoms with Gasteiger partial charge in [0.15, 0.2) is 0 Å². The van der Waals surface area contributed by atoms with Gasteiger partial charge in [0.25, 0.3) is 0 Å². The Morgan fingerprint density at radius 2 is 0.963 bits per heavy atom. The molecule has 0 saturated heterocycles. The van der Waals surface area contributed by atoms with Crippen molar-refractivity contribution in [3.63, 3.8) is 0 Å². The molecule has 0 aromatic heterocycles. The molecular formula is C24H24O3. The topological polar surface area (TPSA) is 27.7 Å². The third kappa shape index (κ3) is 3.03. The predicted octanol–water partition coefficient (Wildman–Crippen LogP) is 5.19. The number of ether oxygens (including phenoxy) is 3. The van der Waals surface area contributed by atoms with Gasteiger partial charge >= 0.3 is 0 Å². The highest BCUT2D eigenvalue weighted by molar-refractivity contribution is 5.55. The molecule has 3 heteroatoms. The molecule has 1 unspecified atom stereocenters. The van der Waals surface area contributed by atoms with Crippen molar-refractivity contribution in [2.45, 2.75) is 17.8 Å². The van der Waals surface area contributed by atoms with Gasteiger partial charge in [0.05, 0.1) is 21.3 Å². The molecule has 3 aromatic carbocycles. The quantitative estimate of drug-likeness (QED) is 0.606. The number of methoxy groups -OCH3 is 3. The zero-order valence-corrected chi connectivity index (χ0v) is 15.9. The molecule has 0 N–H and O–H groups in total. The molecule has 138 valence electrons. The Morgan fingerprint density at radius 3 is 1.33 bits per heavy atom. The van der Waals surface area contributed by atoms with Crippen LogP contribution in [0.15, 0.2) is 72.8 Å². The van der Waals surface area contributed by atoms with Gasteiger partial charge in [-0.05, 0) is 65.4 Å². The minimum atomic E-state index is -0.0207. The SMILES string of the molecule is COc1ccc(C2CC2(c2ccc(OC)cc2)c2ccc(OC)cc2)cc1. The van der Waals surface area contributed by atoms with Crippen molar-refractivity contribution in [1.82, 2.24) is 0 Å². The number of hydrogen-bond acceptors (Lipinski definition) is 3. The molecule has 1 aliphatic carbocycles. The molecule has 1 fully saturated rings. The van der Waals surface area contributed by atoms with Gasteiger partial charge in [-0.25, -0.2) is 0 Å². The molecule has 0 amide bonds. The molecule has 3 aromatic rings. The minimum Gasteiger partial charge on any atom is -0.497 e. The van der Waals surface area contributed by atoms with Gasteiger partial charge in [-0.2, -0.15) is 0 Å². The van der Waals surface area contributed by atoms with Crippen LogP contribution in [-0.4, -0.2) is 21.3 Å². The Bertz CT molecular complexity index is 848. The first-order chi connectivity index (χ1) is 13.2. The van der Waals surface area contributed by atoms with Crippen molar-refractivity contribution in [3.8, 4) is 17.2 Å². The average Bonchev–Trinajstić information content (AvgIpc) is 3.51. The molecule has 3 nitrogen and oxygen atoms in total. The van der Waals surface area contributed by atoms with Crippen LogP contribution in [0.25, 0.3) is 0 Å². The first-order valence-corrected chi connectivity index (χ1v) is 9.14. The fourth-order valence-electron chi connectivity index (χ4n) is 4.08. The molecule has 0 radical (unpaired) electrons. The summed E-state index contributed by atoms with van der Waals surface area (Å²) in [5.74, 6) is 3.08. The third-order valence-electron chi connectivity index (χ3n) is 5.69. The molecule has 1 atom stereocenters. The lowest BCUT2D eigenvalue weighted by Gasteiger charge is -2.20. The molecule has 0 aliphatic heterocycles. The molecule has 1 saturated carbocycles. The van der Waals surface area contributed by atoms with Gasteiger partial charge < -0.3 is 14.2 Å². The van der Waals surface area contributed by atoms with E-state index in [2.05, 4.69) is 36.4 Å². The number of rotatable bonds is 6. The first kappa shape index (κ1) is 17.5. The maximum atomic E-state index is 5.34. The lowest BCUT2D eigenvalue weighted by molar-refractivity contribution is 0.414. The van der Waals surface area contributed by atoms with Crippen LogP contribution in [0.1, 0.15) is 29.0 Å². The second-order valence-corrected chi connectivity index (χ2v) is 6.96. The van der Waals surface area contributed by atoms with Gasteiger partial charge in [-0.1, -0.05) is 36.4 Å². The van der Waals surface area contributed by atoms with Gasteiger partial charge in [-0.15, -0.1) is 0 Å². The Labute approximate surface area is 160 Å². The molecule has 0 bridgehead atoms. The highest BCUT2D eigenvalue weighted by Gasteiger charge is 2.56. The van der Waals surface area contributed by atoms with Crippen molar-refractivity contribution in [3.05, 3.63) is 89.5 Å². The molecule has 27 heavy (non-hydrogen) atoms. The van der Waals surface area contributed by atoms with Gasteiger partial charge in [0.2, 0.25) is 0 Å². The highest BCUT2D eigenvalue weighted by Crippen LogP contribution is 2.64. The van der Waals surface area contributed by atoms with Gasteiger partial charge in [0, 0.05) is 5.41 Å². The Morgan fingerprint density at radius 1 is 0.593 bits per heavy atom. The zero-order valence-electron chi connectivity index (χ0n) is 15.9. The van der Waals surface area contributed by atoms with Crippen LogP contribution >= 0.6 is 0 Å². The average molecular weight is 360 g/mol. The normalized spacial score (nSPS) is 17.2. The van der Waals surface area contributed by atoms with E-state index in [9.17, 15) is 0 Å². The summed E-state index contributed by atoms with van der Waals surface area (Å²) in [4.78, 5) is 0. The number of benzene rings is 3. The van der Waals surface area contributed by atoms with Crippen molar-refractivity contribution < 1.29 is 14.2 Å². The van der Waals surface area contributed by atoms with Crippen LogP contribution in [0.2, 0.25) is 0 Å². The molecule has 4 rings (SSSR count). The Balaban J connectivity index is 1.75. The lowest BCUT2D eigenvalue weighted by Crippen LogP contribution is -2.12. The lowest BCUT2D eigenvalue weighted by atomic mass is 9.84. The maximum absolute atomic E-state index is 5.34. The number of hydrogen-bond donors (Lipinski definition) is 0. The van der Waals surface area contributed by atoms with Gasteiger partial charge in [-0.3, -0.25) is 0 Å². The monoisotopic (exact) mass is 360 g/mol. The molecular weight excluding hydrogens is 336 g/mol. The molecule has 0 spiro atoms. The summed E-state index contributed by atoms with van der Waals surface area (Å²) in [7, 11) is 5.10. The van der Waals surface area contributed by atoms with Crippen LogP contribution < -0.4 is 14.2 Å². The predicted molar refractivity (Wildman–Crippen MR) is 107 cm³/mol. The van der Waals surface area contributed by atoms with E-state index in [1.807, 2.05) is 36.4 Å². The minimum absolute atomic E-state index is 0.0207. The highest BCUT2D eigenvalue weighted by atomic mass is 16.5. The fraction of sp³-hybridized carbons (Fsp3) is 0.250. The third-order valence-corrected chi connectivity index (χ3v) is 5.69. The summed E-state index contributed by atoms with van der Waals surface area (Å²) in [6, 6.07) is 25.4. The second-order valence-electron chi connectivity index (χ2n) is 6.96. The van der Waals surface area contributed by atoms with E-state index in [0.717, 1.165) is 23.7 Å². The van der Waals surface area contributed by atoms with Crippen LogP contribution in [0.5, 0.6) is 17.2 Å². The van der Waals surface area contributed by atoms with E-state index in [0.29, 0.717) is 5.92 Å². The summed E-state index contributed by atoms with van der Waals surface area (Å²) < 4.78 is 16.0. The zero-order chi connectivity index (χ0) is 18.9. The van der Waals surface area contributed by atoms with E-state index >= 15 is 0 Å². The summed E-state index contributed by atoms with van der Waals surface area (Å²) in [5.41, 5.74) is 3.94. The van der Waals surface area contributed by atoms with E-state index in [4.69, 9.17) is 14.2 Å². The van der Waals surface area contributed by atoms with E-state index < -0.39 is 0 Å². The summed E-state index contributed by atoms with van der Waals surface area (Å²) in [6.07, 6.45) is 1.08. The van der Waals surface area contributed by atoms with Gasteiger partial charge in [0.1, 0.15) is 17.2 Å². The standard InChI is InChI=1S/C24H24O3/c1-25-20-10-4-17(5-11-20)23-16-24(23,18-6-12-21(26-2)13-7-18)19-8-14-22(27-3)15-9-19/h4-15,23H,16H2,1-3H3. The summed E-state index contributed by atoms with van der Waals surface area (Å²) in [5, 5.41) is 0. The first-order valence-electron chi connectivity index (χ1n) is 9.14. The smallest absolute Gasteiger partial charge is 0.118 e. The summed E-state index contributed by atoms with van der Waals surface area (Å²) >= 11 is 0. The fourth-order valence-corrected chi connectivity index (χ4v) is 4.08. The van der Waals surface area contributed by atoms with Crippen molar-refractivity contribution in [2.75, 3.05) is 21.3 Å². The van der Waals surface area contributed by atoms with Crippen molar-refractivity contribution in [2.24, 2.45) is 0 Å². The van der Waals surface area contributed by atoms with Crippen LogP contribution in [0.4, 0.5) is 0 Å². The van der Waals surface area contributed by atoms with Crippen molar-refractivity contribution in [1.29, 1.82) is 0 Å². The van der Waals surface area contributed by atoms with Crippen LogP contribution in [0.3, 0.4) is 0 Å². The Hall–Kier alpha value is -2.94. The summed E-state index contributed by atoms with van der Waals surface area (Å²) in [6.45, 7) is 0.